The van der Waals surface area contributed by atoms with Crippen molar-refractivity contribution in [2.75, 3.05) is 13.2 Å². The zero-order chi connectivity index (χ0) is 24.1. The first-order chi connectivity index (χ1) is 16.4. The number of carbonyl (C=O) groups is 3. The quantitative estimate of drug-likeness (QED) is 0.522. The third-order valence-corrected chi connectivity index (χ3v) is 6.89. The largest absolute Gasteiger partial charge is 0.481 e. The van der Waals surface area contributed by atoms with Crippen LogP contribution in [0, 0.1) is 17.8 Å². The summed E-state index contributed by atoms with van der Waals surface area (Å²) in [6.45, 7) is 0.126. The summed E-state index contributed by atoms with van der Waals surface area (Å²) in [5.41, 5.74) is 3.46. The van der Waals surface area contributed by atoms with E-state index in [0.717, 1.165) is 35.1 Å². The molecule has 0 heterocycles. The molecular formula is C27H28N2O5. The minimum Gasteiger partial charge on any atom is -0.481 e. The van der Waals surface area contributed by atoms with Crippen molar-refractivity contribution < 1.29 is 24.2 Å². The molecular weight excluding hydrogens is 432 g/mol. The van der Waals surface area contributed by atoms with E-state index in [-0.39, 0.29) is 25.5 Å². The van der Waals surface area contributed by atoms with E-state index >= 15 is 0 Å². The van der Waals surface area contributed by atoms with E-state index in [9.17, 15) is 19.5 Å². The molecule has 7 nitrogen and oxygen atoms in total. The number of amides is 2. The number of hydrogen-bond donors (Lipinski definition) is 3. The lowest BCUT2D eigenvalue weighted by Gasteiger charge is -2.25. The molecule has 3 N–H and O–H groups in total. The van der Waals surface area contributed by atoms with E-state index in [1.807, 2.05) is 36.4 Å². The molecule has 0 bridgehead atoms. The van der Waals surface area contributed by atoms with E-state index in [0.29, 0.717) is 12.8 Å². The number of hydrogen-bond acceptors (Lipinski definition) is 4. The average molecular weight is 461 g/mol. The Hall–Kier alpha value is -3.79. The lowest BCUT2D eigenvalue weighted by molar-refractivity contribution is -0.148. The van der Waals surface area contributed by atoms with Crippen molar-refractivity contribution in [2.45, 2.75) is 44.1 Å². The van der Waals surface area contributed by atoms with Gasteiger partial charge in [-0.1, -0.05) is 61.4 Å². The van der Waals surface area contributed by atoms with Crippen molar-refractivity contribution >= 4 is 18.0 Å². The number of fused-ring (bicyclic) bond motifs is 3. The zero-order valence-electron chi connectivity index (χ0n) is 18.9. The Balaban J connectivity index is 1.37. The molecule has 2 aliphatic rings. The van der Waals surface area contributed by atoms with Crippen molar-refractivity contribution in [3.63, 3.8) is 0 Å². The van der Waals surface area contributed by atoms with Gasteiger partial charge >= 0.3 is 12.1 Å². The summed E-state index contributed by atoms with van der Waals surface area (Å²) in [6, 6.07) is 15.0. The molecule has 2 aliphatic carbocycles. The van der Waals surface area contributed by atoms with Gasteiger partial charge in [-0.2, -0.15) is 0 Å². The van der Waals surface area contributed by atoms with E-state index in [2.05, 4.69) is 28.7 Å². The van der Waals surface area contributed by atoms with Gasteiger partial charge in [0.2, 0.25) is 5.91 Å². The van der Waals surface area contributed by atoms with Gasteiger partial charge in [0.25, 0.3) is 0 Å². The SMILES string of the molecule is C#CCC(NC(=O)OCC1c2ccccc2-c2ccccc21)C(=O)NCC1(C(=O)O)CCCC1. The van der Waals surface area contributed by atoms with Crippen LogP contribution in [-0.4, -0.2) is 42.3 Å². The number of carboxylic acids is 1. The Morgan fingerprint density at radius 1 is 1.06 bits per heavy atom. The van der Waals surface area contributed by atoms with Gasteiger partial charge in [0.05, 0.1) is 5.41 Å². The van der Waals surface area contributed by atoms with E-state index in [1.165, 1.54) is 0 Å². The molecule has 4 rings (SSSR count). The molecule has 2 aromatic carbocycles. The first-order valence-electron chi connectivity index (χ1n) is 11.5. The first kappa shape index (κ1) is 23.4. The van der Waals surface area contributed by atoms with Gasteiger partial charge in [-0.15, -0.1) is 12.3 Å². The maximum atomic E-state index is 12.7. The first-order valence-corrected chi connectivity index (χ1v) is 11.5. The van der Waals surface area contributed by atoms with Crippen molar-refractivity contribution in [3.05, 3.63) is 59.7 Å². The predicted octanol–water partition coefficient (Wildman–Crippen LogP) is 3.68. The smallest absolute Gasteiger partial charge is 0.407 e. The molecule has 34 heavy (non-hydrogen) atoms. The number of carbonyl (C=O) groups excluding carboxylic acids is 2. The van der Waals surface area contributed by atoms with Crippen LogP contribution in [0.1, 0.15) is 49.1 Å². The Morgan fingerprint density at radius 3 is 2.21 bits per heavy atom. The Morgan fingerprint density at radius 2 is 1.65 bits per heavy atom. The molecule has 1 unspecified atom stereocenters. The van der Waals surface area contributed by atoms with Crippen LogP contribution in [0.4, 0.5) is 4.79 Å². The predicted molar refractivity (Wildman–Crippen MR) is 127 cm³/mol. The van der Waals surface area contributed by atoms with Gasteiger partial charge in [0.1, 0.15) is 12.6 Å². The number of nitrogens with one attached hydrogen (secondary N) is 2. The molecule has 176 valence electrons. The van der Waals surface area contributed by atoms with Crippen LogP contribution in [0.25, 0.3) is 11.1 Å². The lowest BCUT2D eigenvalue weighted by atomic mass is 9.86. The molecule has 2 aromatic rings. The van der Waals surface area contributed by atoms with Crippen LogP contribution < -0.4 is 10.6 Å². The van der Waals surface area contributed by atoms with Crippen LogP contribution in [-0.2, 0) is 14.3 Å². The highest BCUT2D eigenvalue weighted by Gasteiger charge is 2.42. The van der Waals surface area contributed by atoms with E-state index in [1.54, 1.807) is 0 Å². The molecule has 1 saturated carbocycles. The molecule has 0 aromatic heterocycles. The number of carboxylic acid groups (broad SMARTS) is 1. The number of terminal acetylenes is 1. The Kier molecular flexibility index (Phi) is 6.87. The molecule has 1 atom stereocenters. The zero-order valence-corrected chi connectivity index (χ0v) is 18.9. The third kappa shape index (κ3) is 4.62. The van der Waals surface area contributed by atoms with Crippen molar-refractivity contribution in [1.82, 2.24) is 10.6 Å². The minimum absolute atomic E-state index is 0.00854. The van der Waals surface area contributed by atoms with Gasteiger partial charge in [0.15, 0.2) is 0 Å². The Labute approximate surface area is 198 Å². The second kappa shape index (κ2) is 10.0. The van der Waals surface area contributed by atoms with Gasteiger partial charge in [0, 0.05) is 18.9 Å². The van der Waals surface area contributed by atoms with Gasteiger partial charge in [-0.3, -0.25) is 9.59 Å². The molecule has 0 spiro atoms. The second-order valence-corrected chi connectivity index (χ2v) is 8.94. The summed E-state index contributed by atoms with van der Waals surface area (Å²) in [7, 11) is 0. The number of rotatable bonds is 8. The summed E-state index contributed by atoms with van der Waals surface area (Å²) in [6.07, 6.45) is 7.28. The molecule has 2 amide bonds. The van der Waals surface area contributed by atoms with Crippen molar-refractivity contribution in [2.24, 2.45) is 5.41 Å². The highest BCUT2D eigenvalue weighted by atomic mass is 16.5. The van der Waals surface area contributed by atoms with Gasteiger partial charge in [-0.25, -0.2) is 4.79 Å². The van der Waals surface area contributed by atoms with Crippen LogP contribution >= 0.6 is 0 Å². The topological polar surface area (TPSA) is 105 Å². The van der Waals surface area contributed by atoms with E-state index in [4.69, 9.17) is 11.2 Å². The molecule has 0 aliphatic heterocycles. The molecule has 7 heteroatoms. The monoisotopic (exact) mass is 460 g/mol. The fourth-order valence-electron chi connectivity index (χ4n) is 5.01. The Bertz CT molecular complexity index is 1080. The maximum Gasteiger partial charge on any atom is 0.407 e. The van der Waals surface area contributed by atoms with Gasteiger partial charge < -0.3 is 20.5 Å². The third-order valence-electron chi connectivity index (χ3n) is 6.89. The van der Waals surface area contributed by atoms with Gasteiger partial charge in [-0.05, 0) is 35.1 Å². The molecule has 0 saturated heterocycles. The summed E-state index contributed by atoms with van der Waals surface area (Å²) in [5, 5.41) is 14.8. The van der Waals surface area contributed by atoms with Crippen LogP contribution in [0.15, 0.2) is 48.5 Å². The molecule has 0 radical (unpaired) electrons. The number of benzene rings is 2. The highest BCUT2D eigenvalue weighted by molar-refractivity contribution is 5.87. The van der Waals surface area contributed by atoms with E-state index < -0.39 is 29.4 Å². The second-order valence-electron chi connectivity index (χ2n) is 8.94. The average Bonchev–Trinajstić information content (AvgIpc) is 3.45. The number of aliphatic carboxylic acids is 1. The standard InChI is InChI=1S/C27H28N2O5/c1-2-9-23(24(30)28-17-27(25(31)32)14-7-8-15-27)29-26(33)34-16-22-20-12-5-3-10-18(20)19-11-4-6-13-21(19)22/h1,3-6,10-13,22-23H,7-9,14-17H2,(H,28,30)(H,29,33)(H,31,32). The summed E-state index contributed by atoms with van der Waals surface area (Å²) >= 11 is 0. The number of alkyl carbamates (subject to hydrolysis) is 1. The lowest BCUT2D eigenvalue weighted by Crippen LogP contribution is -2.50. The fourth-order valence-corrected chi connectivity index (χ4v) is 5.01. The minimum atomic E-state index is -1.01. The van der Waals surface area contributed by atoms with Crippen molar-refractivity contribution in [3.8, 4) is 23.5 Å². The maximum absolute atomic E-state index is 12.7. The summed E-state index contributed by atoms with van der Waals surface area (Å²) in [4.78, 5) is 37.0. The van der Waals surface area contributed by atoms with Crippen LogP contribution in [0.5, 0.6) is 0 Å². The van der Waals surface area contributed by atoms with Crippen LogP contribution in [0.2, 0.25) is 0 Å². The molecule has 1 fully saturated rings. The fraction of sp³-hybridized carbons (Fsp3) is 0.370. The van der Waals surface area contributed by atoms with Crippen molar-refractivity contribution in [1.29, 1.82) is 0 Å². The summed E-state index contributed by atoms with van der Waals surface area (Å²) in [5.74, 6) is 0.861. The summed E-state index contributed by atoms with van der Waals surface area (Å²) < 4.78 is 5.51. The number of ether oxygens (including phenoxy) is 1. The highest BCUT2D eigenvalue weighted by Crippen LogP contribution is 2.44. The van der Waals surface area contributed by atoms with Crippen LogP contribution in [0.3, 0.4) is 0 Å². The normalized spacial score (nSPS) is 16.6.